The molecule has 116 valence electrons. The second-order valence-electron chi connectivity index (χ2n) is 6.60. The van der Waals surface area contributed by atoms with Crippen molar-refractivity contribution in [1.82, 2.24) is 9.88 Å². The van der Waals surface area contributed by atoms with Gasteiger partial charge in [0.15, 0.2) is 5.78 Å². The van der Waals surface area contributed by atoms with Crippen LogP contribution in [-0.2, 0) is 0 Å². The van der Waals surface area contributed by atoms with E-state index in [1.165, 1.54) is 6.54 Å². The number of ketones is 1. The van der Waals surface area contributed by atoms with Crippen molar-refractivity contribution in [2.45, 2.75) is 27.7 Å². The second-order valence-corrected chi connectivity index (χ2v) is 6.60. The molecule has 4 heteroatoms. The summed E-state index contributed by atoms with van der Waals surface area (Å²) >= 11 is 0. The lowest BCUT2D eigenvalue weighted by Crippen LogP contribution is -2.47. The second kappa shape index (κ2) is 7.03. The molecule has 1 aliphatic heterocycles. The van der Waals surface area contributed by atoms with E-state index in [4.69, 9.17) is 0 Å². The van der Waals surface area contributed by atoms with Gasteiger partial charge in [0.1, 0.15) is 5.69 Å². The van der Waals surface area contributed by atoms with Crippen molar-refractivity contribution in [1.29, 1.82) is 0 Å². The van der Waals surface area contributed by atoms with Crippen molar-refractivity contribution in [2.24, 2.45) is 11.8 Å². The fourth-order valence-corrected chi connectivity index (χ4v) is 2.72. The molecular formula is C17H27N3O. The summed E-state index contributed by atoms with van der Waals surface area (Å²) in [4.78, 5) is 21.1. The number of Topliss-reactive ketones (excluding diaryl/α,β-unsaturated/α-hetero) is 1. The maximum atomic E-state index is 11.9. The van der Waals surface area contributed by atoms with Gasteiger partial charge in [-0.1, -0.05) is 27.7 Å². The lowest BCUT2D eigenvalue weighted by Gasteiger charge is -2.36. The highest BCUT2D eigenvalue weighted by Crippen LogP contribution is 2.17. The average molecular weight is 289 g/mol. The van der Waals surface area contributed by atoms with Gasteiger partial charge in [0.05, 0.1) is 11.9 Å². The molecule has 4 nitrogen and oxygen atoms in total. The van der Waals surface area contributed by atoms with Crippen molar-refractivity contribution in [3.05, 3.63) is 24.0 Å². The number of anilines is 1. The fourth-order valence-electron chi connectivity index (χ4n) is 2.72. The zero-order valence-electron chi connectivity index (χ0n) is 13.7. The Kier molecular flexibility index (Phi) is 5.34. The third-order valence-corrected chi connectivity index (χ3v) is 3.89. The van der Waals surface area contributed by atoms with Crippen molar-refractivity contribution in [3.63, 3.8) is 0 Å². The Bertz CT molecular complexity index is 459. The molecule has 0 spiro atoms. The number of piperazine rings is 1. The fraction of sp³-hybridized carbons (Fsp3) is 0.647. The van der Waals surface area contributed by atoms with E-state index in [0.717, 1.165) is 37.8 Å². The summed E-state index contributed by atoms with van der Waals surface area (Å²) in [6, 6.07) is 3.89. The predicted octanol–water partition coefficient (Wildman–Crippen LogP) is 2.70. The topological polar surface area (TPSA) is 36.4 Å². The summed E-state index contributed by atoms with van der Waals surface area (Å²) in [5.74, 6) is 0.839. The van der Waals surface area contributed by atoms with Gasteiger partial charge in [-0.25, -0.2) is 0 Å². The lowest BCUT2D eigenvalue weighted by atomic mass is 10.1. The van der Waals surface area contributed by atoms with Gasteiger partial charge in [0.25, 0.3) is 0 Å². The highest BCUT2D eigenvalue weighted by Gasteiger charge is 2.18. The van der Waals surface area contributed by atoms with Crippen molar-refractivity contribution in [2.75, 3.05) is 37.6 Å². The minimum Gasteiger partial charge on any atom is -0.368 e. The van der Waals surface area contributed by atoms with Crippen molar-refractivity contribution >= 4 is 11.5 Å². The minimum atomic E-state index is 0.00271. The number of pyridine rings is 1. The average Bonchev–Trinajstić information content (AvgIpc) is 2.47. The summed E-state index contributed by atoms with van der Waals surface area (Å²) in [5, 5.41) is 0. The SMILES string of the molecule is CC(C)CN1CCN(c2ccc(C(=O)C(C)C)nc2)CC1. The standard InChI is InChI=1S/C17H27N3O/c1-13(2)12-19-7-9-20(10-8-19)15-5-6-16(18-11-15)17(21)14(3)4/h5-6,11,13-14H,7-10,12H2,1-4H3. The summed E-state index contributed by atoms with van der Waals surface area (Å²) in [5.41, 5.74) is 1.70. The summed E-state index contributed by atoms with van der Waals surface area (Å²) in [7, 11) is 0. The van der Waals surface area contributed by atoms with E-state index in [9.17, 15) is 4.79 Å². The monoisotopic (exact) mass is 289 g/mol. The molecule has 1 fully saturated rings. The summed E-state index contributed by atoms with van der Waals surface area (Å²) in [6.07, 6.45) is 1.84. The van der Waals surface area contributed by atoms with E-state index in [1.807, 2.05) is 32.2 Å². The number of aromatic nitrogens is 1. The first kappa shape index (κ1) is 16.0. The van der Waals surface area contributed by atoms with Gasteiger partial charge >= 0.3 is 0 Å². The molecule has 2 heterocycles. The molecule has 1 saturated heterocycles. The van der Waals surface area contributed by atoms with Crippen LogP contribution in [0.25, 0.3) is 0 Å². The molecule has 0 amide bonds. The first-order chi connectivity index (χ1) is 9.97. The smallest absolute Gasteiger partial charge is 0.183 e. The molecule has 21 heavy (non-hydrogen) atoms. The van der Waals surface area contributed by atoms with E-state index in [-0.39, 0.29) is 11.7 Å². The zero-order valence-corrected chi connectivity index (χ0v) is 13.7. The number of rotatable bonds is 5. The van der Waals surface area contributed by atoms with Crippen LogP contribution in [-0.4, -0.2) is 48.4 Å². The lowest BCUT2D eigenvalue weighted by molar-refractivity contribution is 0.0934. The quantitative estimate of drug-likeness (QED) is 0.781. The molecule has 1 aromatic heterocycles. The van der Waals surface area contributed by atoms with Crippen LogP contribution in [0.3, 0.4) is 0 Å². The Labute approximate surface area is 128 Å². The molecule has 0 bridgehead atoms. The van der Waals surface area contributed by atoms with Crippen molar-refractivity contribution in [3.8, 4) is 0 Å². The molecule has 0 radical (unpaired) electrons. The molecule has 1 aliphatic rings. The number of nitrogens with zero attached hydrogens (tertiary/aromatic N) is 3. The molecule has 0 atom stereocenters. The van der Waals surface area contributed by atoms with Crippen LogP contribution in [0.4, 0.5) is 5.69 Å². The van der Waals surface area contributed by atoms with E-state index in [2.05, 4.69) is 28.6 Å². The first-order valence-corrected chi connectivity index (χ1v) is 7.95. The summed E-state index contributed by atoms with van der Waals surface area (Å²) < 4.78 is 0. The normalized spacial score (nSPS) is 16.8. The molecule has 0 aromatic carbocycles. The Morgan fingerprint density at radius 3 is 2.29 bits per heavy atom. The van der Waals surface area contributed by atoms with Crippen LogP contribution < -0.4 is 4.90 Å². The van der Waals surface area contributed by atoms with Gasteiger partial charge in [-0.05, 0) is 18.1 Å². The molecular weight excluding hydrogens is 262 g/mol. The third kappa shape index (κ3) is 4.27. The van der Waals surface area contributed by atoms with E-state index in [0.29, 0.717) is 5.69 Å². The number of hydrogen-bond acceptors (Lipinski definition) is 4. The van der Waals surface area contributed by atoms with Crippen LogP contribution in [0, 0.1) is 11.8 Å². The van der Waals surface area contributed by atoms with Crippen LogP contribution in [0.5, 0.6) is 0 Å². The Balaban J connectivity index is 1.93. The highest BCUT2D eigenvalue weighted by atomic mass is 16.1. The van der Waals surface area contributed by atoms with Gasteiger partial charge in [-0.3, -0.25) is 14.7 Å². The van der Waals surface area contributed by atoms with Gasteiger partial charge in [-0.2, -0.15) is 0 Å². The van der Waals surface area contributed by atoms with E-state index < -0.39 is 0 Å². The zero-order chi connectivity index (χ0) is 15.4. The van der Waals surface area contributed by atoms with E-state index >= 15 is 0 Å². The number of carbonyl (C=O) groups is 1. The van der Waals surface area contributed by atoms with Gasteiger partial charge in [0, 0.05) is 38.6 Å². The maximum absolute atomic E-state index is 11.9. The Morgan fingerprint density at radius 1 is 1.14 bits per heavy atom. The largest absolute Gasteiger partial charge is 0.368 e. The molecule has 0 unspecified atom stereocenters. The van der Waals surface area contributed by atoms with Gasteiger partial charge < -0.3 is 4.90 Å². The molecule has 1 aromatic rings. The predicted molar refractivity (Wildman–Crippen MR) is 86.9 cm³/mol. The van der Waals surface area contributed by atoms with Crippen LogP contribution >= 0.6 is 0 Å². The maximum Gasteiger partial charge on any atom is 0.183 e. The van der Waals surface area contributed by atoms with Crippen LogP contribution in [0.15, 0.2) is 18.3 Å². The van der Waals surface area contributed by atoms with Crippen LogP contribution in [0.2, 0.25) is 0 Å². The molecule has 0 saturated carbocycles. The first-order valence-electron chi connectivity index (χ1n) is 7.95. The molecule has 0 N–H and O–H groups in total. The number of hydrogen-bond donors (Lipinski definition) is 0. The van der Waals surface area contributed by atoms with Gasteiger partial charge in [0.2, 0.25) is 0 Å². The van der Waals surface area contributed by atoms with Gasteiger partial charge in [-0.15, -0.1) is 0 Å². The Hall–Kier alpha value is -1.42. The third-order valence-electron chi connectivity index (χ3n) is 3.89. The highest BCUT2D eigenvalue weighted by molar-refractivity contribution is 5.95. The minimum absolute atomic E-state index is 0.00271. The summed E-state index contributed by atoms with van der Waals surface area (Å²) in [6.45, 7) is 13.8. The van der Waals surface area contributed by atoms with Crippen molar-refractivity contribution < 1.29 is 4.79 Å². The van der Waals surface area contributed by atoms with E-state index in [1.54, 1.807) is 0 Å². The van der Waals surface area contributed by atoms with Crippen LogP contribution in [0.1, 0.15) is 38.2 Å². The molecule has 2 rings (SSSR count). The Morgan fingerprint density at radius 2 is 1.81 bits per heavy atom. The number of carbonyl (C=O) groups excluding carboxylic acids is 1. The molecule has 0 aliphatic carbocycles.